The van der Waals surface area contributed by atoms with Crippen molar-refractivity contribution < 1.29 is 9.53 Å². The lowest BCUT2D eigenvalue weighted by molar-refractivity contribution is -0.152. The van der Waals surface area contributed by atoms with Gasteiger partial charge in [0, 0.05) is 6.04 Å². The molecule has 30 heavy (non-hydrogen) atoms. The molecule has 4 unspecified atom stereocenters. The number of hydrogen-bond donors (Lipinski definition) is 1. The van der Waals surface area contributed by atoms with E-state index in [1.54, 1.807) is 4.68 Å². The largest absolute Gasteiger partial charge is 0.461 e. The molecule has 0 saturated heterocycles. The van der Waals surface area contributed by atoms with Crippen molar-refractivity contribution >= 4 is 5.97 Å². The molecule has 7 nitrogen and oxygen atoms in total. The van der Waals surface area contributed by atoms with Gasteiger partial charge in [0.15, 0.2) is 5.82 Å². The minimum Gasteiger partial charge on any atom is -0.461 e. The first-order chi connectivity index (χ1) is 14.8. The molecule has 5 rings (SSSR count). The Hall–Kier alpha value is -3.06. The quantitative estimate of drug-likeness (QED) is 0.611. The van der Waals surface area contributed by atoms with Gasteiger partial charge in [-0.05, 0) is 59.2 Å². The highest BCUT2D eigenvalue weighted by Gasteiger charge is 2.51. The van der Waals surface area contributed by atoms with E-state index in [-0.39, 0.29) is 17.9 Å². The summed E-state index contributed by atoms with van der Waals surface area (Å²) in [6.45, 7) is 0.838. The average molecular weight is 403 g/mol. The van der Waals surface area contributed by atoms with Crippen LogP contribution in [-0.2, 0) is 22.7 Å². The van der Waals surface area contributed by atoms with Gasteiger partial charge in [0.25, 0.3) is 0 Å². The van der Waals surface area contributed by atoms with E-state index in [0.29, 0.717) is 25.0 Å². The van der Waals surface area contributed by atoms with Crippen molar-refractivity contribution in [2.75, 3.05) is 0 Å². The molecule has 1 heterocycles. The van der Waals surface area contributed by atoms with Crippen molar-refractivity contribution in [3.63, 3.8) is 0 Å². The van der Waals surface area contributed by atoms with E-state index in [9.17, 15) is 4.79 Å². The molecule has 0 aliphatic heterocycles. The minimum absolute atomic E-state index is 0.0915. The standard InChI is InChI=1S/C23H25N5O2/c29-23(30-15-16-7-3-1-4-8-16)21-17-11-12-18(13-17)22(21)24-14-20-25-26-27-28(20)19-9-5-2-6-10-19/h1-10,17-18,21-22,24H,11-15H2. The molecule has 2 saturated carbocycles. The van der Waals surface area contributed by atoms with E-state index in [1.165, 1.54) is 0 Å². The van der Waals surface area contributed by atoms with E-state index in [0.717, 1.165) is 36.3 Å². The van der Waals surface area contributed by atoms with Gasteiger partial charge in [0.05, 0.1) is 18.2 Å². The van der Waals surface area contributed by atoms with Gasteiger partial charge in [-0.15, -0.1) is 5.10 Å². The molecule has 3 aromatic rings. The Morgan fingerprint density at radius 3 is 2.57 bits per heavy atom. The summed E-state index contributed by atoms with van der Waals surface area (Å²) in [5.74, 6) is 1.45. The number of fused-ring (bicyclic) bond motifs is 2. The summed E-state index contributed by atoms with van der Waals surface area (Å²) < 4.78 is 7.44. The summed E-state index contributed by atoms with van der Waals surface area (Å²) in [6.07, 6.45) is 3.36. The van der Waals surface area contributed by atoms with E-state index >= 15 is 0 Å². The van der Waals surface area contributed by atoms with E-state index < -0.39 is 0 Å². The Morgan fingerprint density at radius 2 is 1.77 bits per heavy atom. The Labute approximate surface area is 175 Å². The monoisotopic (exact) mass is 403 g/mol. The maximum Gasteiger partial charge on any atom is 0.311 e. The number of ether oxygens (including phenoxy) is 1. The maximum atomic E-state index is 13.0. The first kappa shape index (κ1) is 18.9. The molecule has 1 aromatic heterocycles. The van der Waals surface area contributed by atoms with Crippen LogP contribution in [0.25, 0.3) is 5.69 Å². The zero-order chi connectivity index (χ0) is 20.3. The average Bonchev–Trinajstić information content (AvgIpc) is 3.53. The molecule has 154 valence electrons. The number of esters is 1. The summed E-state index contributed by atoms with van der Waals surface area (Å²) in [5, 5.41) is 15.7. The fourth-order valence-corrected chi connectivity index (χ4v) is 5.04. The lowest BCUT2D eigenvalue weighted by Gasteiger charge is -2.30. The van der Waals surface area contributed by atoms with Gasteiger partial charge in [0.2, 0.25) is 0 Å². The number of rotatable bonds is 7. The molecule has 2 aliphatic carbocycles. The lowest BCUT2D eigenvalue weighted by Crippen LogP contribution is -2.44. The van der Waals surface area contributed by atoms with Gasteiger partial charge in [-0.25, -0.2) is 0 Å². The Kier molecular flexibility index (Phi) is 5.27. The van der Waals surface area contributed by atoms with Gasteiger partial charge in [-0.2, -0.15) is 4.68 Å². The normalized spacial score (nSPS) is 24.8. The molecule has 2 aromatic carbocycles. The fraction of sp³-hybridized carbons (Fsp3) is 0.391. The van der Waals surface area contributed by atoms with Gasteiger partial charge >= 0.3 is 5.97 Å². The third kappa shape index (κ3) is 3.73. The number of para-hydroxylation sites is 1. The van der Waals surface area contributed by atoms with Crippen LogP contribution in [0.5, 0.6) is 0 Å². The second kappa shape index (κ2) is 8.36. The van der Waals surface area contributed by atoms with Crippen LogP contribution in [-0.4, -0.2) is 32.2 Å². The van der Waals surface area contributed by atoms with Gasteiger partial charge in [-0.3, -0.25) is 4.79 Å². The van der Waals surface area contributed by atoms with Crippen molar-refractivity contribution in [1.29, 1.82) is 0 Å². The summed E-state index contributed by atoms with van der Waals surface area (Å²) in [5.41, 5.74) is 1.94. The molecule has 7 heteroatoms. The molecular weight excluding hydrogens is 378 g/mol. The third-order valence-corrected chi connectivity index (χ3v) is 6.44. The summed E-state index contributed by atoms with van der Waals surface area (Å²) in [4.78, 5) is 13.0. The smallest absolute Gasteiger partial charge is 0.311 e. The van der Waals surface area contributed by atoms with Crippen LogP contribution < -0.4 is 5.32 Å². The van der Waals surface area contributed by atoms with Gasteiger partial charge in [-0.1, -0.05) is 48.5 Å². The number of nitrogens with one attached hydrogen (secondary N) is 1. The molecule has 4 atom stereocenters. The zero-order valence-electron chi connectivity index (χ0n) is 16.7. The molecule has 2 aliphatic rings. The molecular formula is C23H25N5O2. The Morgan fingerprint density at radius 1 is 1.03 bits per heavy atom. The van der Waals surface area contributed by atoms with Crippen LogP contribution in [0.3, 0.4) is 0 Å². The van der Waals surface area contributed by atoms with E-state index in [1.807, 2.05) is 60.7 Å². The summed E-state index contributed by atoms with van der Waals surface area (Å²) >= 11 is 0. The number of benzene rings is 2. The first-order valence-electron chi connectivity index (χ1n) is 10.6. The molecule has 1 N–H and O–H groups in total. The second-order valence-corrected chi connectivity index (χ2v) is 8.20. The Bertz CT molecular complexity index is 991. The van der Waals surface area contributed by atoms with Gasteiger partial charge < -0.3 is 10.1 Å². The predicted molar refractivity (Wildman–Crippen MR) is 110 cm³/mol. The van der Waals surface area contributed by atoms with Crippen LogP contribution in [0, 0.1) is 17.8 Å². The van der Waals surface area contributed by atoms with E-state index in [2.05, 4.69) is 20.8 Å². The van der Waals surface area contributed by atoms with Crippen molar-refractivity contribution in [1.82, 2.24) is 25.5 Å². The SMILES string of the molecule is O=C(OCc1ccccc1)C1C2CCC(C2)C1NCc1nnnn1-c1ccccc1. The van der Waals surface area contributed by atoms with Crippen LogP contribution in [0.2, 0.25) is 0 Å². The summed E-state index contributed by atoms with van der Waals surface area (Å²) in [7, 11) is 0. The maximum absolute atomic E-state index is 13.0. The van der Waals surface area contributed by atoms with Crippen LogP contribution in [0.4, 0.5) is 0 Å². The van der Waals surface area contributed by atoms with Gasteiger partial charge in [0.1, 0.15) is 6.61 Å². The van der Waals surface area contributed by atoms with Crippen molar-refractivity contribution in [2.24, 2.45) is 17.8 Å². The number of aromatic nitrogens is 4. The number of carbonyl (C=O) groups excluding carboxylic acids is 1. The Balaban J connectivity index is 1.26. The minimum atomic E-state index is -0.103. The number of nitrogens with zero attached hydrogens (tertiary/aromatic N) is 4. The van der Waals surface area contributed by atoms with Crippen molar-refractivity contribution in [3.05, 3.63) is 72.1 Å². The highest BCUT2D eigenvalue weighted by molar-refractivity contribution is 5.74. The summed E-state index contributed by atoms with van der Waals surface area (Å²) in [6, 6.07) is 19.8. The zero-order valence-corrected chi connectivity index (χ0v) is 16.7. The highest BCUT2D eigenvalue weighted by atomic mass is 16.5. The van der Waals surface area contributed by atoms with Crippen LogP contribution in [0.1, 0.15) is 30.7 Å². The molecule has 0 amide bonds. The van der Waals surface area contributed by atoms with E-state index in [4.69, 9.17) is 4.74 Å². The topological polar surface area (TPSA) is 81.9 Å². The molecule has 0 radical (unpaired) electrons. The third-order valence-electron chi connectivity index (χ3n) is 6.44. The van der Waals surface area contributed by atoms with Crippen molar-refractivity contribution in [3.8, 4) is 5.69 Å². The lowest BCUT2D eigenvalue weighted by atomic mass is 9.84. The molecule has 2 fully saturated rings. The second-order valence-electron chi connectivity index (χ2n) is 8.20. The first-order valence-corrected chi connectivity index (χ1v) is 10.6. The van der Waals surface area contributed by atoms with Crippen LogP contribution in [0.15, 0.2) is 60.7 Å². The van der Waals surface area contributed by atoms with Crippen molar-refractivity contribution in [2.45, 2.75) is 38.5 Å². The predicted octanol–water partition coefficient (Wildman–Crippen LogP) is 2.91. The van der Waals surface area contributed by atoms with Crippen LogP contribution >= 0.6 is 0 Å². The molecule has 0 spiro atoms. The number of hydrogen-bond acceptors (Lipinski definition) is 6. The number of carbonyl (C=O) groups is 1. The fourth-order valence-electron chi connectivity index (χ4n) is 5.04. The highest BCUT2D eigenvalue weighted by Crippen LogP contribution is 2.49. The molecule has 2 bridgehead atoms. The number of tetrazole rings is 1.